The highest BCUT2D eigenvalue weighted by Gasteiger charge is 2.09. The summed E-state index contributed by atoms with van der Waals surface area (Å²) in [6, 6.07) is 8.43. The predicted molar refractivity (Wildman–Crippen MR) is 83.2 cm³/mol. The van der Waals surface area contributed by atoms with Gasteiger partial charge in [0, 0.05) is 6.42 Å². The zero-order chi connectivity index (χ0) is 16.7. The van der Waals surface area contributed by atoms with Crippen molar-refractivity contribution in [2.75, 3.05) is 13.7 Å². The van der Waals surface area contributed by atoms with Crippen LogP contribution in [0.25, 0.3) is 11.0 Å². The van der Waals surface area contributed by atoms with Crippen LogP contribution in [0, 0.1) is 11.3 Å². The Hall–Kier alpha value is -2.81. The molecule has 0 atom stereocenters. The van der Waals surface area contributed by atoms with Gasteiger partial charge in [-0.3, -0.25) is 4.79 Å². The molecule has 6 heteroatoms. The number of carbonyl (C=O) groups is 1. The number of methoxy groups -OCH3 is 1. The molecule has 0 fully saturated rings. The van der Waals surface area contributed by atoms with Crippen LogP contribution in [-0.2, 0) is 9.53 Å². The fourth-order valence-corrected chi connectivity index (χ4v) is 2.15. The Morgan fingerprint density at radius 2 is 2.13 bits per heavy atom. The molecule has 0 radical (unpaired) electrons. The summed E-state index contributed by atoms with van der Waals surface area (Å²) >= 11 is 0. The lowest BCUT2D eigenvalue weighted by Crippen LogP contribution is -2.04. The van der Waals surface area contributed by atoms with Crippen LogP contribution < -0.4 is 10.4 Å². The summed E-state index contributed by atoms with van der Waals surface area (Å²) in [5.41, 5.74) is -0.316. The van der Waals surface area contributed by atoms with Crippen molar-refractivity contribution in [2.24, 2.45) is 0 Å². The Balaban J connectivity index is 1.97. The number of fused-ring (bicyclic) bond motifs is 1. The molecule has 0 bridgehead atoms. The fourth-order valence-electron chi connectivity index (χ4n) is 2.15. The first-order valence-electron chi connectivity index (χ1n) is 7.32. The molecule has 0 N–H and O–H groups in total. The summed E-state index contributed by atoms with van der Waals surface area (Å²) in [5.74, 6) is 0.356. The molecule has 0 saturated heterocycles. The number of hydrogen-bond donors (Lipinski definition) is 0. The van der Waals surface area contributed by atoms with E-state index in [9.17, 15) is 9.59 Å². The lowest BCUT2D eigenvalue weighted by Gasteiger charge is -2.08. The van der Waals surface area contributed by atoms with Gasteiger partial charge in [-0.15, -0.1) is 0 Å². The average molecular weight is 315 g/mol. The molecule has 0 spiro atoms. The first-order valence-corrected chi connectivity index (χ1v) is 7.32. The predicted octanol–water partition coefficient (Wildman–Crippen LogP) is 2.78. The highest BCUT2D eigenvalue weighted by atomic mass is 16.5. The zero-order valence-corrected chi connectivity index (χ0v) is 12.8. The zero-order valence-electron chi connectivity index (χ0n) is 12.8. The summed E-state index contributed by atoms with van der Waals surface area (Å²) in [7, 11) is 1.37. The van der Waals surface area contributed by atoms with Crippen LogP contribution in [0.3, 0.4) is 0 Å². The van der Waals surface area contributed by atoms with Gasteiger partial charge in [-0.25, -0.2) is 4.79 Å². The van der Waals surface area contributed by atoms with Crippen molar-refractivity contribution in [3.8, 4) is 11.8 Å². The van der Waals surface area contributed by atoms with E-state index in [0.29, 0.717) is 29.7 Å². The smallest absolute Gasteiger partial charge is 0.354 e. The van der Waals surface area contributed by atoms with Gasteiger partial charge in [-0.05, 0) is 37.5 Å². The molecule has 0 aliphatic rings. The van der Waals surface area contributed by atoms with Crippen LogP contribution >= 0.6 is 0 Å². The maximum atomic E-state index is 11.5. The van der Waals surface area contributed by atoms with Crippen LogP contribution in [0.15, 0.2) is 33.5 Å². The Labute approximate surface area is 133 Å². The molecule has 1 aromatic carbocycles. The highest BCUT2D eigenvalue weighted by Crippen LogP contribution is 2.25. The SMILES string of the molecule is COC(=O)CCCCCOc1cccc2oc(=O)c(C#N)cc12. The van der Waals surface area contributed by atoms with Crippen LogP contribution in [0.5, 0.6) is 5.75 Å². The third kappa shape index (κ3) is 4.33. The van der Waals surface area contributed by atoms with Gasteiger partial charge in [-0.2, -0.15) is 5.26 Å². The normalized spacial score (nSPS) is 10.3. The van der Waals surface area contributed by atoms with Gasteiger partial charge in [-0.1, -0.05) is 6.07 Å². The molecule has 0 unspecified atom stereocenters. The van der Waals surface area contributed by atoms with E-state index in [1.807, 2.05) is 6.07 Å². The highest BCUT2D eigenvalue weighted by molar-refractivity contribution is 5.84. The van der Waals surface area contributed by atoms with E-state index < -0.39 is 5.63 Å². The minimum atomic E-state index is -0.653. The summed E-state index contributed by atoms with van der Waals surface area (Å²) in [6.45, 7) is 0.474. The van der Waals surface area contributed by atoms with E-state index >= 15 is 0 Å². The van der Waals surface area contributed by atoms with Gasteiger partial charge in [0.15, 0.2) is 0 Å². The summed E-state index contributed by atoms with van der Waals surface area (Å²) in [5, 5.41) is 9.51. The third-order valence-corrected chi connectivity index (χ3v) is 3.37. The molecule has 6 nitrogen and oxygen atoms in total. The van der Waals surface area contributed by atoms with Gasteiger partial charge in [0.25, 0.3) is 0 Å². The van der Waals surface area contributed by atoms with Gasteiger partial charge >= 0.3 is 11.6 Å². The van der Waals surface area contributed by atoms with Crippen molar-refractivity contribution in [1.82, 2.24) is 0 Å². The number of ether oxygens (including phenoxy) is 2. The average Bonchev–Trinajstić information content (AvgIpc) is 2.57. The van der Waals surface area contributed by atoms with E-state index in [1.54, 1.807) is 18.2 Å². The van der Waals surface area contributed by atoms with E-state index in [2.05, 4.69) is 4.74 Å². The number of unbranched alkanes of at least 4 members (excludes halogenated alkanes) is 2. The topological polar surface area (TPSA) is 89.5 Å². The van der Waals surface area contributed by atoms with Crippen LogP contribution in [0.1, 0.15) is 31.2 Å². The molecular weight excluding hydrogens is 298 g/mol. The van der Waals surface area contributed by atoms with Crippen LogP contribution in [-0.4, -0.2) is 19.7 Å². The Morgan fingerprint density at radius 3 is 2.87 bits per heavy atom. The molecule has 0 aliphatic carbocycles. The molecule has 1 heterocycles. The van der Waals surface area contributed by atoms with Crippen molar-refractivity contribution < 1.29 is 18.7 Å². The Bertz CT molecular complexity index is 788. The maximum absolute atomic E-state index is 11.5. The van der Waals surface area contributed by atoms with E-state index in [-0.39, 0.29) is 11.5 Å². The summed E-state index contributed by atoms with van der Waals surface area (Å²) in [6.07, 6.45) is 2.79. The number of hydrogen-bond acceptors (Lipinski definition) is 6. The number of carbonyl (C=O) groups excluding carboxylic acids is 1. The number of rotatable bonds is 7. The van der Waals surface area contributed by atoms with Crippen molar-refractivity contribution in [3.05, 3.63) is 40.2 Å². The van der Waals surface area contributed by atoms with Gasteiger partial charge in [0.2, 0.25) is 0 Å². The number of benzene rings is 1. The molecule has 1 aromatic heterocycles. The second-order valence-electron chi connectivity index (χ2n) is 4.96. The van der Waals surface area contributed by atoms with Gasteiger partial charge < -0.3 is 13.9 Å². The first-order chi connectivity index (χ1) is 11.2. The van der Waals surface area contributed by atoms with Crippen molar-refractivity contribution in [2.45, 2.75) is 25.7 Å². The molecule has 23 heavy (non-hydrogen) atoms. The van der Waals surface area contributed by atoms with E-state index in [0.717, 1.165) is 19.3 Å². The Morgan fingerprint density at radius 1 is 1.30 bits per heavy atom. The second kappa shape index (κ2) is 7.99. The molecule has 120 valence electrons. The van der Waals surface area contributed by atoms with Crippen LogP contribution in [0.2, 0.25) is 0 Å². The van der Waals surface area contributed by atoms with Crippen molar-refractivity contribution in [1.29, 1.82) is 5.26 Å². The fraction of sp³-hybridized carbons (Fsp3) is 0.353. The molecule has 0 aliphatic heterocycles. The number of nitrogens with zero attached hydrogens (tertiary/aromatic N) is 1. The van der Waals surface area contributed by atoms with E-state index in [4.69, 9.17) is 14.4 Å². The largest absolute Gasteiger partial charge is 0.493 e. The summed E-state index contributed by atoms with van der Waals surface area (Å²) < 4.78 is 15.4. The molecule has 0 amide bonds. The minimum Gasteiger partial charge on any atom is -0.493 e. The van der Waals surface area contributed by atoms with E-state index in [1.165, 1.54) is 13.2 Å². The second-order valence-corrected chi connectivity index (χ2v) is 4.96. The molecule has 0 saturated carbocycles. The van der Waals surface area contributed by atoms with Crippen LogP contribution in [0.4, 0.5) is 0 Å². The molecule has 2 rings (SSSR count). The molecule has 2 aromatic rings. The number of esters is 1. The first kappa shape index (κ1) is 16.6. The monoisotopic (exact) mass is 315 g/mol. The maximum Gasteiger partial charge on any atom is 0.354 e. The lowest BCUT2D eigenvalue weighted by atomic mass is 10.1. The van der Waals surface area contributed by atoms with Gasteiger partial charge in [0.1, 0.15) is 23.0 Å². The van der Waals surface area contributed by atoms with Gasteiger partial charge in [0.05, 0.1) is 19.1 Å². The van der Waals surface area contributed by atoms with Crippen molar-refractivity contribution in [3.63, 3.8) is 0 Å². The third-order valence-electron chi connectivity index (χ3n) is 3.37. The van der Waals surface area contributed by atoms with Crippen molar-refractivity contribution >= 4 is 16.9 Å². The Kier molecular flexibility index (Phi) is 5.75. The lowest BCUT2D eigenvalue weighted by molar-refractivity contribution is -0.140. The quantitative estimate of drug-likeness (QED) is 0.443. The number of nitriles is 1. The summed E-state index contributed by atoms with van der Waals surface area (Å²) in [4.78, 5) is 22.5. The molecular formula is C17H17NO5. The minimum absolute atomic E-state index is 0.0494. The standard InChI is InChI=1S/C17H17NO5/c1-21-16(19)8-3-2-4-9-22-14-6-5-7-15-13(14)10-12(11-18)17(20)23-15/h5-7,10H,2-4,8-9H2,1H3.